The molecule has 1 unspecified atom stereocenters. The molecule has 430 valence electrons. The van der Waals surface area contributed by atoms with Gasteiger partial charge in [-0.1, -0.05) is 279 Å². The van der Waals surface area contributed by atoms with Crippen LogP contribution < -0.4 is 0 Å². The molecule has 0 heterocycles. The lowest BCUT2D eigenvalue weighted by Gasteiger charge is -2.18. The highest BCUT2D eigenvalue weighted by Gasteiger charge is 2.19. The van der Waals surface area contributed by atoms with Crippen molar-refractivity contribution in [1.82, 2.24) is 0 Å². The molecule has 0 saturated heterocycles. The molecule has 0 saturated carbocycles. The molecule has 0 aliphatic rings. The summed E-state index contributed by atoms with van der Waals surface area (Å²) in [6.45, 7) is 6.45. The fourth-order valence-corrected chi connectivity index (χ4v) is 8.84. The zero-order valence-corrected chi connectivity index (χ0v) is 49.3. The highest BCUT2D eigenvalue weighted by molar-refractivity contribution is 5.72. The average molecular weight is 1040 g/mol. The van der Waals surface area contributed by atoms with Crippen LogP contribution in [0.25, 0.3) is 0 Å². The third-order valence-electron chi connectivity index (χ3n) is 13.6. The lowest BCUT2D eigenvalue weighted by atomic mass is 10.0. The molecule has 0 aromatic heterocycles. The minimum Gasteiger partial charge on any atom is -0.462 e. The minimum atomic E-state index is -0.821. The van der Waals surface area contributed by atoms with Gasteiger partial charge in [0.15, 0.2) is 6.10 Å². The molecule has 0 rings (SSSR count). The van der Waals surface area contributed by atoms with Crippen LogP contribution in [-0.2, 0) is 28.6 Å². The Labute approximate surface area is 464 Å². The van der Waals surface area contributed by atoms with Gasteiger partial charge < -0.3 is 14.2 Å². The standard InChI is InChI=1S/C69H118O6/c1-4-7-10-13-16-19-22-25-28-30-32-33-34-35-37-38-41-44-47-50-53-56-59-62-68(71)74-65-66(64-73-67(70)61-58-55-52-49-46-43-40-27-24-21-18-15-12-9-6-3)75-69(72)63-60-57-54-51-48-45-42-39-36-31-29-26-23-20-17-14-11-8-5-2/h9,12,18,21-22,25-27,29-30,32,40,46,49,55,58,66H,4-8,10-11,13-17,19-20,23-24,28,31,33-39,41-45,47-48,50-54,56-57,59-65H2,1-3H3/b12-9-,21-18-,25-22-,29-26-,32-30-,40-27-,49-46-,58-55-. The first kappa shape index (κ1) is 71.3. The van der Waals surface area contributed by atoms with Gasteiger partial charge in [-0.25, -0.2) is 0 Å². The summed E-state index contributed by atoms with van der Waals surface area (Å²) in [5, 5.41) is 0. The molecule has 0 aromatic rings. The molecule has 0 aliphatic carbocycles. The highest BCUT2D eigenvalue weighted by atomic mass is 16.6. The van der Waals surface area contributed by atoms with Crippen LogP contribution >= 0.6 is 0 Å². The number of unbranched alkanes of at least 4 members (excludes halogenated alkanes) is 31. The second-order valence-electron chi connectivity index (χ2n) is 20.9. The second-order valence-corrected chi connectivity index (χ2v) is 20.9. The lowest BCUT2D eigenvalue weighted by molar-refractivity contribution is -0.166. The van der Waals surface area contributed by atoms with E-state index in [0.29, 0.717) is 12.8 Å². The molecule has 0 radical (unpaired) electrons. The van der Waals surface area contributed by atoms with Gasteiger partial charge in [0.05, 0.1) is 6.42 Å². The van der Waals surface area contributed by atoms with E-state index in [4.69, 9.17) is 14.2 Å². The van der Waals surface area contributed by atoms with Crippen LogP contribution in [0, 0.1) is 0 Å². The van der Waals surface area contributed by atoms with Crippen molar-refractivity contribution in [3.63, 3.8) is 0 Å². The predicted molar refractivity (Wildman–Crippen MR) is 325 cm³/mol. The maximum absolute atomic E-state index is 12.9. The predicted octanol–water partition coefficient (Wildman–Crippen LogP) is 21.7. The van der Waals surface area contributed by atoms with Gasteiger partial charge >= 0.3 is 17.9 Å². The van der Waals surface area contributed by atoms with Crippen LogP contribution in [0.3, 0.4) is 0 Å². The number of carbonyl (C=O) groups excluding carboxylic acids is 3. The second kappa shape index (κ2) is 62.9. The molecule has 6 heteroatoms. The van der Waals surface area contributed by atoms with E-state index in [2.05, 4.69) is 106 Å². The molecular weight excluding hydrogens is 925 g/mol. The Kier molecular flexibility index (Phi) is 59.8. The third kappa shape index (κ3) is 61.1. The molecule has 6 nitrogen and oxygen atoms in total. The maximum atomic E-state index is 12.9. The summed E-state index contributed by atoms with van der Waals surface area (Å²) >= 11 is 0. The summed E-state index contributed by atoms with van der Waals surface area (Å²) in [6.07, 6.45) is 84.4. The number of esters is 3. The van der Waals surface area contributed by atoms with Crippen molar-refractivity contribution in [2.75, 3.05) is 13.2 Å². The molecule has 0 bridgehead atoms. The zero-order valence-electron chi connectivity index (χ0n) is 49.3. The summed E-state index contributed by atoms with van der Waals surface area (Å²) in [7, 11) is 0. The smallest absolute Gasteiger partial charge is 0.309 e. The third-order valence-corrected chi connectivity index (χ3v) is 13.6. The van der Waals surface area contributed by atoms with Crippen LogP contribution in [0.4, 0.5) is 0 Å². The lowest BCUT2D eigenvalue weighted by Crippen LogP contribution is -2.30. The SMILES string of the molecule is CC/C=C\C/C=C\C/C=C\C/C=C\C/C=C\CC(=O)OCC(COC(=O)CCCCCCCCCCCCC/C=C\C/C=C\CCCCCCC)OC(=O)CCCCCCCCCCC/C=C\CCCCCCCC. The van der Waals surface area contributed by atoms with E-state index >= 15 is 0 Å². The van der Waals surface area contributed by atoms with Crippen molar-refractivity contribution < 1.29 is 28.6 Å². The number of rotatable bonds is 57. The molecular formula is C69H118O6. The molecule has 0 spiro atoms. The van der Waals surface area contributed by atoms with Crippen molar-refractivity contribution in [1.29, 1.82) is 0 Å². The fourth-order valence-electron chi connectivity index (χ4n) is 8.84. The van der Waals surface area contributed by atoms with Crippen LogP contribution in [0.15, 0.2) is 97.2 Å². The monoisotopic (exact) mass is 1040 g/mol. The fraction of sp³-hybridized carbons (Fsp3) is 0.725. The summed E-state index contributed by atoms with van der Waals surface area (Å²) in [4.78, 5) is 38.2. The van der Waals surface area contributed by atoms with Gasteiger partial charge in [-0.05, 0) is 103 Å². The Bertz CT molecular complexity index is 1480. The van der Waals surface area contributed by atoms with E-state index in [1.165, 1.54) is 186 Å². The number of ether oxygens (including phenoxy) is 3. The normalized spacial score (nSPS) is 12.7. The van der Waals surface area contributed by atoms with Gasteiger partial charge in [0, 0.05) is 12.8 Å². The molecule has 75 heavy (non-hydrogen) atoms. The first-order valence-corrected chi connectivity index (χ1v) is 31.7. The van der Waals surface area contributed by atoms with Crippen molar-refractivity contribution in [2.24, 2.45) is 0 Å². The Morgan fingerprint density at radius 2 is 0.573 bits per heavy atom. The van der Waals surface area contributed by atoms with E-state index in [1.807, 2.05) is 6.08 Å². The Morgan fingerprint density at radius 3 is 0.947 bits per heavy atom. The number of hydrogen-bond acceptors (Lipinski definition) is 6. The molecule has 0 aromatic carbocycles. The summed E-state index contributed by atoms with van der Waals surface area (Å²) in [5.41, 5.74) is 0. The van der Waals surface area contributed by atoms with Gasteiger partial charge in [-0.2, -0.15) is 0 Å². The van der Waals surface area contributed by atoms with E-state index in [-0.39, 0.29) is 31.6 Å². The number of carbonyl (C=O) groups is 3. The summed E-state index contributed by atoms with van der Waals surface area (Å²) in [5.74, 6) is -1.04. The molecule has 1 atom stereocenters. The molecule has 0 aliphatic heterocycles. The van der Waals surface area contributed by atoms with E-state index in [9.17, 15) is 14.4 Å². The Hall–Kier alpha value is -3.67. The minimum absolute atomic E-state index is 0.108. The first-order chi connectivity index (χ1) is 37.0. The van der Waals surface area contributed by atoms with Crippen molar-refractivity contribution >= 4 is 17.9 Å². The number of hydrogen-bond donors (Lipinski definition) is 0. The van der Waals surface area contributed by atoms with Crippen molar-refractivity contribution in [3.8, 4) is 0 Å². The maximum Gasteiger partial charge on any atom is 0.309 e. The van der Waals surface area contributed by atoms with Gasteiger partial charge in [0.25, 0.3) is 0 Å². The quantitative estimate of drug-likeness (QED) is 0.0261. The van der Waals surface area contributed by atoms with E-state index in [1.54, 1.807) is 6.08 Å². The van der Waals surface area contributed by atoms with Crippen LogP contribution in [-0.4, -0.2) is 37.2 Å². The van der Waals surface area contributed by atoms with Crippen molar-refractivity contribution in [3.05, 3.63) is 97.2 Å². The van der Waals surface area contributed by atoms with Gasteiger partial charge in [0.1, 0.15) is 13.2 Å². The summed E-state index contributed by atoms with van der Waals surface area (Å²) < 4.78 is 16.8. The van der Waals surface area contributed by atoms with Crippen molar-refractivity contribution in [2.45, 2.75) is 309 Å². The average Bonchev–Trinajstić information content (AvgIpc) is 3.41. The van der Waals surface area contributed by atoms with E-state index < -0.39 is 12.1 Å². The van der Waals surface area contributed by atoms with Crippen LogP contribution in [0.2, 0.25) is 0 Å². The Balaban J connectivity index is 4.42. The largest absolute Gasteiger partial charge is 0.462 e. The van der Waals surface area contributed by atoms with Gasteiger partial charge in [0.2, 0.25) is 0 Å². The number of allylic oxidation sites excluding steroid dienone is 15. The summed E-state index contributed by atoms with van der Waals surface area (Å²) in [6, 6.07) is 0. The van der Waals surface area contributed by atoms with Crippen LogP contribution in [0.1, 0.15) is 303 Å². The first-order valence-electron chi connectivity index (χ1n) is 31.7. The molecule has 0 fully saturated rings. The molecule has 0 N–H and O–H groups in total. The van der Waals surface area contributed by atoms with Crippen LogP contribution in [0.5, 0.6) is 0 Å². The zero-order chi connectivity index (χ0) is 54.3. The topological polar surface area (TPSA) is 78.9 Å². The molecule has 0 amide bonds. The Morgan fingerprint density at radius 1 is 0.293 bits per heavy atom. The van der Waals surface area contributed by atoms with E-state index in [0.717, 1.165) is 77.0 Å². The van der Waals surface area contributed by atoms with Gasteiger partial charge in [-0.3, -0.25) is 14.4 Å². The highest BCUT2D eigenvalue weighted by Crippen LogP contribution is 2.16. The van der Waals surface area contributed by atoms with Gasteiger partial charge in [-0.15, -0.1) is 0 Å².